The molecule has 0 amide bonds. The lowest BCUT2D eigenvalue weighted by Gasteiger charge is -2.27. The molecule has 0 saturated carbocycles. The van der Waals surface area contributed by atoms with Crippen LogP contribution in [0.15, 0.2) is 12.3 Å². The highest BCUT2D eigenvalue weighted by molar-refractivity contribution is 4.99. The van der Waals surface area contributed by atoms with Crippen LogP contribution in [0.3, 0.4) is 0 Å². The number of nitrogens with one attached hydrogen (secondary N) is 1. The van der Waals surface area contributed by atoms with Gasteiger partial charge in [-0.1, -0.05) is 13.3 Å². The van der Waals surface area contributed by atoms with E-state index in [0.717, 1.165) is 19.5 Å². The van der Waals surface area contributed by atoms with Gasteiger partial charge in [-0.2, -0.15) is 5.10 Å². The van der Waals surface area contributed by atoms with Crippen LogP contribution in [-0.2, 0) is 6.54 Å². The van der Waals surface area contributed by atoms with Crippen molar-refractivity contribution in [1.29, 1.82) is 0 Å². The van der Waals surface area contributed by atoms with Gasteiger partial charge < -0.3 is 5.32 Å². The maximum Gasteiger partial charge on any atom is 0.0764 e. The molecule has 0 bridgehead atoms. The molecule has 4 heteroatoms. The molecule has 19 heavy (non-hydrogen) atoms. The lowest BCUT2D eigenvalue weighted by Crippen LogP contribution is -2.42. The van der Waals surface area contributed by atoms with E-state index in [9.17, 15) is 0 Å². The van der Waals surface area contributed by atoms with Crippen LogP contribution in [0.2, 0.25) is 0 Å². The van der Waals surface area contributed by atoms with E-state index >= 15 is 0 Å². The number of hydrogen-bond acceptors (Lipinski definition) is 3. The van der Waals surface area contributed by atoms with E-state index in [1.54, 1.807) is 0 Å². The van der Waals surface area contributed by atoms with Crippen LogP contribution in [0.5, 0.6) is 0 Å². The zero-order valence-electron chi connectivity index (χ0n) is 12.6. The minimum atomic E-state index is 0.499. The molecule has 1 aliphatic rings. The van der Waals surface area contributed by atoms with Gasteiger partial charge >= 0.3 is 0 Å². The van der Waals surface area contributed by atoms with Crippen LogP contribution in [0.1, 0.15) is 51.3 Å². The molecular formula is C15H28N4. The Morgan fingerprint density at radius 1 is 1.53 bits per heavy atom. The third-order valence-electron chi connectivity index (χ3n) is 4.08. The van der Waals surface area contributed by atoms with Crippen molar-refractivity contribution < 1.29 is 0 Å². The van der Waals surface area contributed by atoms with Crippen molar-refractivity contribution in [2.45, 2.75) is 58.2 Å². The Hall–Kier alpha value is -0.870. The molecule has 2 atom stereocenters. The molecule has 1 aromatic heterocycles. The van der Waals surface area contributed by atoms with Gasteiger partial charge in [0, 0.05) is 31.4 Å². The van der Waals surface area contributed by atoms with Crippen LogP contribution in [-0.4, -0.2) is 40.9 Å². The van der Waals surface area contributed by atoms with Gasteiger partial charge in [-0.3, -0.25) is 9.58 Å². The fourth-order valence-electron chi connectivity index (χ4n) is 2.69. The Morgan fingerprint density at radius 2 is 2.37 bits per heavy atom. The zero-order valence-corrected chi connectivity index (χ0v) is 12.6. The highest BCUT2D eigenvalue weighted by Crippen LogP contribution is 2.12. The van der Waals surface area contributed by atoms with Crippen LogP contribution in [0.4, 0.5) is 0 Å². The third-order valence-corrected chi connectivity index (χ3v) is 4.08. The van der Waals surface area contributed by atoms with Crippen LogP contribution < -0.4 is 5.32 Å². The topological polar surface area (TPSA) is 33.1 Å². The summed E-state index contributed by atoms with van der Waals surface area (Å²) in [6, 6.07) is 3.31. The Balaban J connectivity index is 1.80. The van der Waals surface area contributed by atoms with Crippen molar-refractivity contribution in [3.8, 4) is 0 Å². The standard InChI is InChI=1S/C15H28N4/c1-4-13(2)19-10-8-15(17-19)12-18(3)11-14-7-5-6-9-16-14/h8,10,13-14,16H,4-7,9,11-12H2,1-3H3. The van der Waals surface area contributed by atoms with Gasteiger partial charge in [0.25, 0.3) is 0 Å². The Kier molecular flexibility index (Phi) is 5.40. The normalized spacial score (nSPS) is 21.8. The van der Waals surface area contributed by atoms with E-state index in [0.29, 0.717) is 12.1 Å². The molecule has 1 aromatic rings. The molecule has 2 heterocycles. The maximum absolute atomic E-state index is 4.67. The summed E-state index contributed by atoms with van der Waals surface area (Å²) in [5, 5.41) is 8.27. The van der Waals surface area contributed by atoms with Crippen LogP contribution in [0, 0.1) is 0 Å². The first-order valence-corrected chi connectivity index (χ1v) is 7.65. The summed E-state index contributed by atoms with van der Waals surface area (Å²) in [5.74, 6) is 0. The molecule has 1 fully saturated rings. The fraction of sp³-hybridized carbons (Fsp3) is 0.800. The summed E-state index contributed by atoms with van der Waals surface area (Å²) in [4.78, 5) is 2.38. The number of hydrogen-bond donors (Lipinski definition) is 1. The summed E-state index contributed by atoms with van der Waals surface area (Å²) < 4.78 is 2.09. The van der Waals surface area contributed by atoms with Crippen LogP contribution in [0.25, 0.3) is 0 Å². The number of aromatic nitrogens is 2. The molecule has 1 aliphatic heterocycles. The lowest BCUT2D eigenvalue weighted by atomic mass is 10.0. The molecule has 108 valence electrons. The van der Waals surface area contributed by atoms with Crippen molar-refractivity contribution in [2.24, 2.45) is 0 Å². The summed E-state index contributed by atoms with van der Waals surface area (Å²) in [7, 11) is 2.19. The van der Waals surface area contributed by atoms with Gasteiger partial charge in [-0.05, 0) is 45.8 Å². The quantitative estimate of drug-likeness (QED) is 0.856. The maximum atomic E-state index is 4.67. The SMILES string of the molecule is CCC(C)n1ccc(CN(C)CC2CCCCN2)n1. The Morgan fingerprint density at radius 3 is 3.05 bits per heavy atom. The average molecular weight is 264 g/mol. The lowest BCUT2D eigenvalue weighted by molar-refractivity contribution is 0.253. The Bertz CT molecular complexity index is 368. The molecule has 0 radical (unpaired) electrons. The summed E-state index contributed by atoms with van der Waals surface area (Å²) in [6.45, 7) is 7.66. The fourth-order valence-corrected chi connectivity index (χ4v) is 2.69. The minimum absolute atomic E-state index is 0.499. The largest absolute Gasteiger partial charge is 0.313 e. The van der Waals surface area contributed by atoms with Crippen molar-refractivity contribution >= 4 is 0 Å². The molecule has 0 spiro atoms. The molecule has 1 saturated heterocycles. The van der Waals surface area contributed by atoms with E-state index < -0.39 is 0 Å². The first-order valence-electron chi connectivity index (χ1n) is 7.65. The van der Waals surface area contributed by atoms with E-state index in [1.165, 1.54) is 31.5 Å². The second-order valence-corrected chi connectivity index (χ2v) is 5.89. The number of likely N-dealkylation sites (N-methyl/N-ethyl adjacent to an activating group) is 1. The number of piperidine rings is 1. The third kappa shape index (κ3) is 4.32. The van der Waals surface area contributed by atoms with E-state index in [4.69, 9.17) is 0 Å². The molecule has 1 N–H and O–H groups in total. The number of rotatable bonds is 6. The Labute approximate surface area is 117 Å². The highest BCUT2D eigenvalue weighted by atomic mass is 15.3. The van der Waals surface area contributed by atoms with E-state index in [-0.39, 0.29) is 0 Å². The first kappa shape index (κ1) is 14.5. The van der Waals surface area contributed by atoms with Gasteiger partial charge in [0.05, 0.1) is 5.69 Å². The molecule has 2 rings (SSSR count). The van der Waals surface area contributed by atoms with Crippen molar-refractivity contribution in [3.63, 3.8) is 0 Å². The van der Waals surface area contributed by atoms with Gasteiger partial charge in [0.2, 0.25) is 0 Å². The zero-order chi connectivity index (χ0) is 13.7. The van der Waals surface area contributed by atoms with Crippen LogP contribution >= 0.6 is 0 Å². The van der Waals surface area contributed by atoms with Crippen molar-refractivity contribution in [3.05, 3.63) is 18.0 Å². The van der Waals surface area contributed by atoms with E-state index in [2.05, 4.69) is 53.2 Å². The molecule has 2 unspecified atom stereocenters. The smallest absolute Gasteiger partial charge is 0.0764 e. The van der Waals surface area contributed by atoms with Gasteiger partial charge in [0.1, 0.15) is 0 Å². The van der Waals surface area contributed by atoms with Gasteiger partial charge in [-0.15, -0.1) is 0 Å². The predicted octanol–water partition coefficient (Wildman–Crippen LogP) is 2.43. The molecular weight excluding hydrogens is 236 g/mol. The molecule has 0 aliphatic carbocycles. The average Bonchev–Trinajstić information content (AvgIpc) is 2.87. The summed E-state index contributed by atoms with van der Waals surface area (Å²) in [6.07, 6.45) is 7.25. The highest BCUT2D eigenvalue weighted by Gasteiger charge is 2.15. The molecule has 4 nitrogen and oxygen atoms in total. The second-order valence-electron chi connectivity index (χ2n) is 5.89. The summed E-state index contributed by atoms with van der Waals surface area (Å²) in [5.41, 5.74) is 1.18. The monoisotopic (exact) mass is 264 g/mol. The first-order chi connectivity index (χ1) is 9.19. The second kappa shape index (κ2) is 7.06. The number of nitrogens with zero attached hydrogens (tertiary/aromatic N) is 3. The van der Waals surface area contributed by atoms with E-state index in [1.807, 2.05) is 0 Å². The predicted molar refractivity (Wildman–Crippen MR) is 79.2 cm³/mol. The van der Waals surface area contributed by atoms with Gasteiger partial charge in [-0.25, -0.2) is 0 Å². The van der Waals surface area contributed by atoms with Gasteiger partial charge in [0.15, 0.2) is 0 Å². The van der Waals surface area contributed by atoms with Crippen molar-refractivity contribution in [2.75, 3.05) is 20.1 Å². The minimum Gasteiger partial charge on any atom is -0.313 e. The molecule has 0 aromatic carbocycles. The summed E-state index contributed by atoms with van der Waals surface area (Å²) >= 11 is 0. The van der Waals surface area contributed by atoms with Crippen molar-refractivity contribution in [1.82, 2.24) is 20.0 Å².